The Morgan fingerprint density at radius 1 is 1.05 bits per heavy atom. The Labute approximate surface area is 130 Å². The van der Waals surface area contributed by atoms with Crippen LogP contribution in [0.4, 0.5) is 0 Å². The summed E-state index contributed by atoms with van der Waals surface area (Å²) < 4.78 is 1.10. The number of phenols is 1. The summed E-state index contributed by atoms with van der Waals surface area (Å²) in [6.07, 6.45) is 9.97. The molecule has 2 aliphatic rings. The Balaban J connectivity index is 1.59. The minimum Gasteiger partial charge on any atom is -0.508 e. The lowest BCUT2D eigenvalue weighted by Crippen LogP contribution is -2.40. The lowest BCUT2D eigenvalue weighted by Gasteiger charge is -2.44. The molecular formula is C17H24BrNO. The second-order valence-corrected chi connectivity index (χ2v) is 7.47. The molecule has 3 rings (SSSR count). The lowest BCUT2D eigenvalue weighted by molar-refractivity contribution is 0.0640. The SMILES string of the molecule is Oc1ccc(Br)c(CN2CCC3(CCCCC3)CC2)c1. The zero-order valence-electron chi connectivity index (χ0n) is 12.1. The van der Waals surface area contributed by atoms with E-state index in [2.05, 4.69) is 20.8 Å². The van der Waals surface area contributed by atoms with Gasteiger partial charge in [-0.3, -0.25) is 4.90 Å². The van der Waals surface area contributed by atoms with Crippen molar-refractivity contribution in [2.24, 2.45) is 5.41 Å². The van der Waals surface area contributed by atoms with Crippen molar-refractivity contribution in [1.29, 1.82) is 0 Å². The molecule has 1 aromatic rings. The van der Waals surface area contributed by atoms with Crippen LogP contribution < -0.4 is 0 Å². The number of halogens is 1. The van der Waals surface area contributed by atoms with E-state index >= 15 is 0 Å². The highest BCUT2D eigenvalue weighted by molar-refractivity contribution is 9.10. The number of aromatic hydroxyl groups is 1. The molecule has 1 spiro atoms. The van der Waals surface area contributed by atoms with E-state index in [1.165, 1.54) is 63.6 Å². The van der Waals surface area contributed by atoms with Gasteiger partial charge in [-0.15, -0.1) is 0 Å². The summed E-state index contributed by atoms with van der Waals surface area (Å²) in [6, 6.07) is 5.56. The maximum absolute atomic E-state index is 9.63. The van der Waals surface area contributed by atoms with Gasteiger partial charge in [0.15, 0.2) is 0 Å². The molecular weight excluding hydrogens is 314 g/mol. The van der Waals surface area contributed by atoms with E-state index < -0.39 is 0 Å². The largest absolute Gasteiger partial charge is 0.508 e. The quantitative estimate of drug-likeness (QED) is 0.845. The van der Waals surface area contributed by atoms with Gasteiger partial charge in [-0.05, 0) is 68.0 Å². The van der Waals surface area contributed by atoms with Gasteiger partial charge in [-0.2, -0.15) is 0 Å². The molecule has 1 heterocycles. The molecule has 0 unspecified atom stereocenters. The Kier molecular flexibility index (Phi) is 4.37. The van der Waals surface area contributed by atoms with Gasteiger partial charge in [0, 0.05) is 11.0 Å². The smallest absolute Gasteiger partial charge is 0.115 e. The monoisotopic (exact) mass is 337 g/mol. The maximum atomic E-state index is 9.63. The molecule has 0 atom stereocenters. The number of phenolic OH excluding ortho intramolecular Hbond substituents is 1. The summed E-state index contributed by atoms with van der Waals surface area (Å²) >= 11 is 3.59. The van der Waals surface area contributed by atoms with Crippen molar-refractivity contribution >= 4 is 15.9 Å². The minimum atomic E-state index is 0.365. The molecule has 1 aliphatic carbocycles. The number of likely N-dealkylation sites (tertiary alicyclic amines) is 1. The van der Waals surface area contributed by atoms with Gasteiger partial charge in [0.1, 0.15) is 5.75 Å². The fourth-order valence-corrected chi connectivity index (χ4v) is 4.28. The van der Waals surface area contributed by atoms with Crippen molar-refractivity contribution in [3.63, 3.8) is 0 Å². The molecule has 2 fully saturated rings. The first-order valence-corrected chi connectivity index (χ1v) is 8.66. The zero-order valence-corrected chi connectivity index (χ0v) is 13.7. The number of hydrogen-bond acceptors (Lipinski definition) is 2. The average Bonchev–Trinajstić information content (AvgIpc) is 2.47. The first-order chi connectivity index (χ1) is 9.67. The van der Waals surface area contributed by atoms with Crippen LogP contribution in [0.2, 0.25) is 0 Å². The van der Waals surface area contributed by atoms with E-state index in [0.29, 0.717) is 11.2 Å². The highest BCUT2D eigenvalue weighted by Crippen LogP contribution is 2.44. The third-order valence-electron chi connectivity index (χ3n) is 5.25. The van der Waals surface area contributed by atoms with Crippen LogP contribution in [0.3, 0.4) is 0 Å². The van der Waals surface area contributed by atoms with E-state index in [0.717, 1.165) is 11.0 Å². The van der Waals surface area contributed by atoms with E-state index in [-0.39, 0.29) is 0 Å². The summed E-state index contributed by atoms with van der Waals surface area (Å²) in [5, 5.41) is 9.63. The van der Waals surface area contributed by atoms with Gasteiger partial charge in [-0.25, -0.2) is 0 Å². The summed E-state index contributed by atoms with van der Waals surface area (Å²) in [7, 11) is 0. The summed E-state index contributed by atoms with van der Waals surface area (Å²) in [4.78, 5) is 2.54. The third kappa shape index (κ3) is 3.20. The summed E-state index contributed by atoms with van der Waals surface area (Å²) in [6.45, 7) is 3.37. The zero-order chi connectivity index (χ0) is 14.0. The van der Waals surface area contributed by atoms with Crippen LogP contribution in [-0.4, -0.2) is 23.1 Å². The molecule has 1 N–H and O–H groups in total. The van der Waals surface area contributed by atoms with Crippen molar-refractivity contribution in [2.75, 3.05) is 13.1 Å². The average molecular weight is 338 g/mol. The fraction of sp³-hybridized carbons (Fsp3) is 0.647. The summed E-state index contributed by atoms with van der Waals surface area (Å²) in [5.41, 5.74) is 1.87. The second-order valence-electron chi connectivity index (χ2n) is 6.61. The van der Waals surface area contributed by atoms with Crippen molar-refractivity contribution in [2.45, 2.75) is 51.5 Å². The van der Waals surface area contributed by atoms with Crippen LogP contribution in [0.15, 0.2) is 22.7 Å². The molecule has 110 valence electrons. The van der Waals surface area contributed by atoms with Crippen molar-refractivity contribution in [1.82, 2.24) is 4.90 Å². The fourth-order valence-electron chi connectivity index (χ4n) is 3.91. The Bertz CT molecular complexity index is 458. The van der Waals surface area contributed by atoms with Gasteiger partial charge >= 0.3 is 0 Å². The number of nitrogens with zero attached hydrogens (tertiary/aromatic N) is 1. The van der Waals surface area contributed by atoms with E-state index in [1.807, 2.05) is 12.1 Å². The Hall–Kier alpha value is -0.540. The Morgan fingerprint density at radius 3 is 2.45 bits per heavy atom. The van der Waals surface area contributed by atoms with Crippen LogP contribution >= 0.6 is 15.9 Å². The molecule has 1 saturated carbocycles. The van der Waals surface area contributed by atoms with Gasteiger partial charge in [-0.1, -0.05) is 35.2 Å². The van der Waals surface area contributed by atoms with Crippen LogP contribution in [0.1, 0.15) is 50.5 Å². The van der Waals surface area contributed by atoms with Crippen molar-refractivity contribution < 1.29 is 5.11 Å². The lowest BCUT2D eigenvalue weighted by atomic mass is 9.68. The summed E-state index contributed by atoms with van der Waals surface area (Å²) in [5.74, 6) is 0.365. The van der Waals surface area contributed by atoms with Crippen LogP contribution in [0.25, 0.3) is 0 Å². The molecule has 0 amide bonds. The highest BCUT2D eigenvalue weighted by Gasteiger charge is 2.35. The molecule has 0 bridgehead atoms. The topological polar surface area (TPSA) is 23.5 Å². The molecule has 2 nitrogen and oxygen atoms in total. The van der Waals surface area contributed by atoms with E-state index in [9.17, 15) is 5.11 Å². The van der Waals surface area contributed by atoms with Gasteiger partial charge in [0.25, 0.3) is 0 Å². The molecule has 0 aromatic heterocycles. The molecule has 1 aromatic carbocycles. The van der Waals surface area contributed by atoms with Gasteiger partial charge < -0.3 is 5.11 Å². The molecule has 1 aliphatic heterocycles. The second kappa shape index (κ2) is 6.07. The van der Waals surface area contributed by atoms with Crippen molar-refractivity contribution in [3.8, 4) is 5.75 Å². The maximum Gasteiger partial charge on any atom is 0.115 e. The normalized spacial score (nSPS) is 23.1. The first kappa shape index (κ1) is 14.4. The van der Waals surface area contributed by atoms with Gasteiger partial charge in [0.05, 0.1) is 0 Å². The Morgan fingerprint density at radius 2 is 1.75 bits per heavy atom. The highest BCUT2D eigenvalue weighted by atomic mass is 79.9. The van der Waals surface area contributed by atoms with E-state index in [1.54, 1.807) is 6.07 Å². The number of rotatable bonds is 2. The first-order valence-electron chi connectivity index (χ1n) is 7.87. The number of piperidine rings is 1. The standard InChI is InChI=1S/C17H24BrNO/c18-16-5-4-15(20)12-14(16)13-19-10-8-17(9-11-19)6-2-1-3-7-17/h4-5,12,20H,1-3,6-11,13H2. The van der Waals surface area contributed by atoms with Gasteiger partial charge in [0.2, 0.25) is 0 Å². The molecule has 0 radical (unpaired) electrons. The molecule has 20 heavy (non-hydrogen) atoms. The number of benzene rings is 1. The predicted octanol–water partition coefficient (Wildman–Crippen LogP) is 4.70. The number of hydrogen-bond donors (Lipinski definition) is 1. The van der Waals surface area contributed by atoms with E-state index in [4.69, 9.17) is 0 Å². The molecule has 1 saturated heterocycles. The van der Waals surface area contributed by atoms with Crippen LogP contribution in [0, 0.1) is 5.41 Å². The van der Waals surface area contributed by atoms with Crippen molar-refractivity contribution in [3.05, 3.63) is 28.2 Å². The predicted molar refractivity (Wildman–Crippen MR) is 85.8 cm³/mol. The minimum absolute atomic E-state index is 0.365. The van der Waals surface area contributed by atoms with Crippen LogP contribution in [-0.2, 0) is 6.54 Å². The molecule has 3 heteroatoms. The van der Waals surface area contributed by atoms with Crippen LogP contribution in [0.5, 0.6) is 5.75 Å². The third-order valence-corrected chi connectivity index (χ3v) is 6.03.